The first-order chi connectivity index (χ1) is 5.61. The number of hydrogen-bond donors (Lipinski definition) is 1. The number of halogens is 1. The molecule has 0 aliphatic rings. The Labute approximate surface area is 78.8 Å². The lowest BCUT2D eigenvalue weighted by molar-refractivity contribution is -0.130. The zero-order valence-corrected chi connectivity index (χ0v) is 7.79. The molecule has 0 atom stereocenters. The fraction of sp³-hybridized carbons (Fsp3) is 0.125. The van der Waals surface area contributed by atoms with Crippen LogP contribution in [-0.2, 0) is 4.79 Å². The van der Waals surface area contributed by atoms with E-state index in [0.717, 1.165) is 5.56 Å². The number of aryl methyl sites for hydroxylation is 1. The third kappa shape index (κ3) is 2.00. The molecule has 1 aromatic rings. The van der Waals surface area contributed by atoms with Crippen LogP contribution >= 0.6 is 22.9 Å². The predicted molar refractivity (Wildman–Crippen MR) is 48.6 cm³/mol. The van der Waals surface area contributed by atoms with Crippen LogP contribution < -0.4 is 0 Å². The summed E-state index contributed by atoms with van der Waals surface area (Å²) in [4.78, 5) is 10.7. The smallest absolute Gasteiger partial charge is 0.382 e. The summed E-state index contributed by atoms with van der Waals surface area (Å²) in [5.41, 5.74) is 0.927. The van der Waals surface area contributed by atoms with Gasteiger partial charge in [0.15, 0.2) is 0 Å². The van der Waals surface area contributed by atoms with Gasteiger partial charge in [-0.15, -0.1) is 11.3 Å². The molecule has 1 N–H and O–H groups in total. The Balaban J connectivity index is 3.00. The highest BCUT2D eigenvalue weighted by atomic mass is 35.5. The fourth-order valence-electron chi connectivity index (χ4n) is 0.624. The molecule has 1 heterocycles. The minimum Gasteiger partial charge on any atom is -0.472 e. The van der Waals surface area contributed by atoms with E-state index in [1.54, 1.807) is 0 Å². The average Bonchev–Trinajstić information content (AvgIpc) is 2.30. The summed E-state index contributed by atoms with van der Waals surface area (Å²) in [5.74, 6) is 3.34. The second-order valence-electron chi connectivity index (χ2n) is 2.12. The molecule has 0 saturated carbocycles. The van der Waals surface area contributed by atoms with Crippen LogP contribution in [0.5, 0.6) is 0 Å². The van der Waals surface area contributed by atoms with Crippen LogP contribution in [0.25, 0.3) is 0 Å². The normalized spacial score (nSPS) is 8.83. The molecule has 0 spiro atoms. The van der Waals surface area contributed by atoms with Gasteiger partial charge in [0.1, 0.15) is 0 Å². The minimum atomic E-state index is -1.14. The van der Waals surface area contributed by atoms with Gasteiger partial charge in [-0.05, 0) is 23.8 Å². The van der Waals surface area contributed by atoms with Crippen LogP contribution in [-0.4, -0.2) is 11.1 Å². The number of aliphatic carboxylic acids is 1. The molecule has 0 radical (unpaired) electrons. The van der Waals surface area contributed by atoms with Gasteiger partial charge in [-0.25, -0.2) is 4.79 Å². The van der Waals surface area contributed by atoms with Gasteiger partial charge in [-0.1, -0.05) is 11.6 Å². The SMILES string of the molecule is Cc1csc(C#CC(=O)O)c1Cl. The van der Waals surface area contributed by atoms with Crippen molar-refractivity contribution in [1.82, 2.24) is 0 Å². The van der Waals surface area contributed by atoms with Crippen molar-refractivity contribution in [3.63, 3.8) is 0 Å². The molecule has 1 rings (SSSR count). The highest BCUT2D eigenvalue weighted by molar-refractivity contribution is 7.11. The third-order valence-electron chi connectivity index (χ3n) is 1.18. The first-order valence-electron chi connectivity index (χ1n) is 3.10. The second-order valence-corrected chi connectivity index (χ2v) is 3.37. The van der Waals surface area contributed by atoms with Crippen molar-refractivity contribution < 1.29 is 9.90 Å². The Bertz CT molecular complexity index is 370. The number of hydrogen-bond acceptors (Lipinski definition) is 2. The summed E-state index contributed by atoms with van der Waals surface area (Å²) in [6.07, 6.45) is 0. The van der Waals surface area contributed by atoms with Crippen molar-refractivity contribution in [2.45, 2.75) is 6.92 Å². The Morgan fingerprint density at radius 2 is 2.42 bits per heavy atom. The van der Waals surface area contributed by atoms with Crippen molar-refractivity contribution >= 4 is 28.9 Å². The Hall–Kier alpha value is -0.980. The first-order valence-corrected chi connectivity index (χ1v) is 4.35. The molecule has 1 aromatic heterocycles. The van der Waals surface area contributed by atoms with E-state index in [9.17, 15) is 4.79 Å². The third-order valence-corrected chi connectivity index (χ3v) is 2.79. The number of carboxylic acid groups (broad SMARTS) is 1. The van der Waals surface area contributed by atoms with Crippen molar-refractivity contribution in [3.05, 3.63) is 20.8 Å². The number of thiophene rings is 1. The maximum absolute atomic E-state index is 10.1. The van der Waals surface area contributed by atoms with Gasteiger partial charge in [0.25, 0.3) is 0 Å². The molecule has 0 aromatic carbocycles. The molecule has 0 bridgehead atoms. The first kappa shape index (κ1) is 9.11. The fourth-order valence-corrected chi connectivity index (χ4v) is 1.71. The molecule has 0 fully saturated rings. The number of carbonyl (C=O) groups is 1. The lowest BCUT2D eigenvalue weighted by atomic mass is 10.3. The summed E-state index contributed by atoms with van der Waals surface area (Å²) >= 11 is 7.16. The minimum absolute atomic E-state index is 0.550. The van der Waals surface area contributed by atoms with E-state index in [0.29, 0.717) is 9.90 Å². The molecule has 2 nitrogen and oxygen atoms in total. The summed E-state index contributed by atoms with van der Waals surface area (Å²) in [7, 11) is 0. The van der Waals surface area contributed by atoms with E-state index in [1.165, 1.54) is 11.3 Å². The maximum atomic E-state index is 10.1. The highest BCUT2D eigenvalue weighted by Gasteiger charge is 2.02. The molecule has 4 heteroatoms. The van der Waals surface area contributed by atoms with Gasteiger partial charge in [0.2, 0.25) is 0 Å². The molecular formula is C8H5ClO2S. The van der Waals surface area contributed by atoms with Crippen molar-refractivity contribution in [1.29, 1.82) is 0 Å². The van der Waals surface area contributed by atoms with Crippen LogP contribution in [0.1, 0.15) is 10.4 Å². The standard InChI is InChI=1S/C8H5ClO2S/c1-5-4-12-6(8(5)9)2-3-7(10)11/h4H,1H3,(H,10,11). The monoisotopic (exact) mass is 200 g/mol. The van der Waals surface area contributed by atoms with Crippen molar-refractivity contribution in [3.8, 4) is 11.8 Å². The van der Waals surface area contributed by atoms with Crippen LogP contribution in [0.15, 0.2) is 5.38 Å². The molecule has 0 unspecified atom stereocenters. The van der Waals surface area contributed by atoms with Gasteiger partial charge >= 0.3 is 5.97 Å². The topological polar surface area (TPSA) is 37.3 Å². The lowest BCUT2D eigenvalue weighted by Crippen LogP contribution is -1.86. The Kier molecular flexibility index (Phi) is 2.74. The van der Waals surface area contributed by atoms with Crippen LogP contribution in [0.2, 0.25) is 5.02 Å². The summed E-state index contributed by atoms with van der Waals surface area (Å²) in [6.45, 7) is 1.85. The summed E-state index contributed by atoms with van der Waals surface area (Å²) in [6, 6.07) is 0. The molecule has 0 amide bonds. The van der Waals surface area contributed by atoms with E-state index in [2.05, 4.69) is 5.92 Å². The van der Waals surface area contributed by atoms with Gasteiger partial charge in [0.05, 0.1) is 9.90 Å². The van der Waals surface area contributed by atoms with Gasteiger partial charge < -0.3 is 5.11 Å². The molecule has 62 valence electrons. The number of carboxylic acids is 1. The van der Waals surface area contributed by atoms with Gasteiger partial charge in [-0.3, -0.25) is 0 Å². The van der Waals surface area contributed by atoms with E-state index in [4.69, 9.17) is 16.7 Å². The largest absolute Gasteiger partial charge is 0.472 e. The maximum Gasteiger partial charge on any atom is 0.382 e. The van der Waals surface area contributed by atoms with E-state index in [-0.39, 0.29) is 0 Å². The highest BCUT2D eigenvalue weighted by Crippen LogP contribution is 2.25. The van der Waals surface area contributed by atoms with Crippen LogP contribution in [0.3, 0.4) is 0 Å². The molecule has 0 aliphatic carbocycles. The lowest BCUT2D eigenvalue weighted by Gasteiger charge is -1.84. The summed E-state index contributed by atoms with van der Waals surface area (Å²) in [5, 5.41) is 10.7. The van der Waals surface area contributed by atoms with E-state index in [1.807, 2.05) is 18.2 Å². The predicted octanol–water partition coefficient (Wildman–Crippen LogP) is 2.15. The molecule has 12 heavy (non-hydrogen) atoms. The van der Waals surface area contributed by atoms with E-state index < -0.39 is 5.97 Å². The molecular weight excluding hydrogens is 196 g/mol. The van der Waals surface area contributed by atoms with Gasteiger partial charge in [-0.2, -0.15) is 0 Å². The van der Waals surface area contributed by atoms with Gasteiger partial charge in [0, 0.05) is 5.92 Å². The average molecular weight is 201 g/mol. The Morgan fingerprint density at radius 1 is 1.75 bits per heavy atom. The van der Waals surface area contributed by atoms with Crippen LogP contribution in [0, 0.1) is 18.8 Å². The Morgan fingerprint density at radius 3 is 2.83 bits per heavy atom. The molecule has 0 saturated heterocycles. The zero-order chi connectivity index (χ0) is 9.14. The van der Waals surface area contributed by atoms with Crippen LogP contribution in [0.4, 0.5) is 0 Å². The van der Waals surface area contributed by atoms with Crippen molar-refractivity contribution in [2.75, 3.05) is 0 Å². The van der Waals surface area contributed by atoms with Crippen molar-refractivity contribution in [2.24, 2.45) is 0 Å². The molecule has 0 aliphatic heterocycles. The zero-order valence-electron chi connectivity index (χ0n) is 6.22. The number of rotatable bonds is 0. The summed E-state index contributed by atoms with van der Waals surface area (Å²) < 4.78 is 0. The second kappa shape index (κ2) is 3.61. The van der Waals surface area contributed by atoms with E-state index >= 15 is 0 Å². The quantitative estimate of drug-likeness (QED) is 0.652.